The lowest BCUT2D eigenvalue weighted by Crippen LogP contribution is -2.42. The van der Waals surface area contributed by atoms with Crippen molar-refractivity contribution >= 4 is 29.9 Å². The summed E-state index contributed by atoms with van der Waals surface area (Å²) in [6.45, 7) is 0. The first-order valence-corrected chi connectivity index (χ1v) is 8.81. The zero-order chi connectivity index (χ0) is 19.0. The van der Waals surface area contributed by atoms with E-state index < -0.39 is 5.91 Å². The fourth-order valence-corrected chi connectivity index (χ4v) is 3.49. The van der Waals surface area contributed by atoms with Crippen LogP contribution in [0, 0.1) is 0 Å². The third kappa shape index (κ3) is 3.71. The second-order valence-corrected chi connectivity index (χ2v) is 6.75. The highest BCUT2D eigenvalue weighted by Gasteiger charge is 2.24. The van der Waals surface area contributed by atoms with Crippen LogP contribution in [0.4, 0.5) is 0 Å². The normalized spacial score (nSPS) is 19.2. The van der Waals surface area contributed by atoms with Crippen LogP contribution >= 0.6 is 12.4 Å². The number of hydrogen-bond acceptors (Lipinski definition) is 6. The first kappa shape index (κ1) is 19.8. The van der Waals surface area contributed by atoms with E-state index in [1.807, 2.05) is 0 Å². The molecule has 1 saturated carbocycles. The van der Waals surface area contributed by atoms with Crippen LogP contribution < -0.4 is 16.8 Å². The molecule has 1 aliphatic carbocycles. The van der Waals surface area contributed by atoms with Crippen molar-refractivity contribution in [2.24, 2.45) is 11.5 Å². The van der Waals surface area contributed by atoms with Gasteiger partial charge in [-0.3, -0.25) is 14.0 Å². The Kier molecular flexibility index (Phi) is 5.66. The van der Waals surface area contributed by atoms with E-state index >= 15 is 0 Å². The van der Waals surface area contributed by atoms with Gasteiger partial charge >= 0.3 is 0 Å². The number of carbonyl (C=O) groups is 2. The SMILES string of the molecule is Cl.NC(=O)c1ncn2c(C(=O)NC3CCCC(N)C3)cc(-c3ccco3)nc12. The Morgan fingerprint density at radius 3 is 2.82 bits per heavy atom. The molecule has 0 aliphatic heterocycles. The lowest BCUT2D eigenvalue weighted by atomic mass is 9.91. The minimum atomic E-state index is -0.716. The number of furan rings is 1. The van der Waals surface area contributed by atoms with Gasteiger partial charge in [0, 0.05) is 12.1 Å². The van der Waals surface area contributed by atoms with Crippen molar-refractivity contribution in [3.63, 3.8) is 0 Å². The number of imidazole rings is 1. The van der Waals surface area contributed by atoms with Crippen LogP contribution in [0.5, 0.6) is 0 Å². The Morgan fingerprint density at radius 2 is 2.14 bits per heavy atom. The Labute approximate surface area is 166 Å². The lowest BCUT2D eigenvalue weighted by Gasteiger charge is -2.27. The standard InChI is InChI=1S/C18H20N6O3.ClH/c19-10-3-1-4-11(7-10)22-18(26)13-8-12(14-5-2-6-27-14)23-17-15(16(20)25)21-9-24(13)17;/h2,5-6,8-11H,1,3-4,7,19H2,(H2,20,25)(H,22,26);1H. The van der Waals surface area contributed by atoms with Gasteiger partial charge in [0.2, 0.25) is 0 Å². The zero-order valence-corrected chi connectivity index (χ0v) is 15.8. The molecule has 3 aromatic heterocycles. The lowest BCUT2D eigenvalue weighted by molar-refractivity contribution is 0.0917. The van der Waals surface area contributed by atoms with Gasteiger partial charge in [-0.25, -0.2) is 9.97 Å². The highest BCUT2D eigenvalue weighted by Crippen LogP contribution is 2.23. The number of nitrogens with one attached hydrogen (secondary N) is 1. The summed E-state index contributed by atoms with van der Waals surface area (Å²) >= 11 is 0. The highest BCUT2D eigenvalue weighted by atomic mass is 35.5. The molecule has 10 heteroatoms. The molecule has 28 heavy (non-hydrogen) atoms. The van der Waals surface area contributed by atoms with Crippen molar-refractivity contribution in [3.05, 3.63) is 42.2 Å². The second-order valence-electron chi connectivity index (χ2n) is 6.75. The summed E-state index contributed by atoms with van der Waals surface area (Å²) in [4.78, 5) is 33.1. The molecule has 1 fully saturated rings. The number of hydrogen-bond donors (Lipinski definition) is 3. The molecule has 148 valence electrons. The monoisotopic (exact) mass is 404 g/mol. The van der Waals surface area contributed by atoms with E-state index in [4.69, 9.17) is 15.9 Å². The van der Waals surface area contributed by atoms with Crippen LogP contribution in [0.15, 0.2) is 35.2 Å². The van der Waals surface area contributed by atoms with Gasteiger partial charge in [-0.1, -0.05) is 0 Å². The maximum atomic E-state index is 13.0. The predicted molar refractivity (Wildman–Crippen MR) is 104 cm³/mol. The largest absolute Gasteiger partial charge is 0.463 e. The van der Waals surface area contributed by atoms with Crippen molar-refractivity contribution in [2.45, 2.75) is 37.8 Å². The summed E-state index contributed by atoms with van der Waals surface area (Å²) in [7, 11) is 0. The van der Waals surface area contributed by atoms with E-state index in [2.05, 4.69) is 15.3 Å². The van der Waals surface area contributed by atoms with Crippen LogP contribution in [0.3, 0.4) is 0 Å². The van der Waals surface area contributed by atoms with Gasteiger partial charge in [0.1, 0.15) is 17.7 Å². The number of fused-ring (bicyclic) bond motifs is 1. The van der Waals surface area contributed by atoms with E-state index in [0.29, 0.717) is 17.1 Å². The van der Waals surface area contributed by atoms with Crippen molar-refractivity contribution in [3.8, 4) is 11.5 Å². The Morgan fingerprint density at radius 1 is 1.32 bits per heavy atom. The molecule has 9 nitrogen and oxygen atoms in total. The maximum absolute atomic E-state index is 13.0. The minimum absolute atomic E-state index is 0. The molecule has 3 heterocycles. The Bertz CT molecular complexity index is 1000. The number of nitrogens with zero attached hydrogens (tertiary/aromatic N) is 3. The molecule has 2 unspecified atom stereocenters. The first-order chi connectivity index (χ1) is 13.0. The molecule has 3 aromatic rings. The Hall–Kier alpha value is -2.91. The molecule has 0 bridgehead atoms. The number of nitrogens with two attached hydrogens (primary N) is 2. The van der Waals surface area contributed by atoms with Gasteiger partial charge < -0.3 is 21.2 Å². The molecule has 5 N–H and O–H groups in total. The van der Waals surface area contributed by atoms with Crippen molar-refractivity contribution < 1.29 is 14.0 Å². The third-order valence-electron chi connectivity index (χ3n) is 4.79. The van der Waals surface area contributed by atoms with Crippen LogP contribution in [0.1, 0.15) is 46.7 Å². The van der Waals surface area contributed by atoms with E-state index in [1.54, 1.807) is 18.2 Å². The summed E-state index contributed by atoms with van der Waals surface area (Å²) < 4.78 is 6.85. The smallest absolute Gasteiger partial charge is 0.271 e. The van der Waals surface area contributed by atoms with Crippen LogP contribution in [0.25, 0.3) is 17.1 Å². The predicted octanol–water partition coefficient (Wildman–Crippen LogP) is 1.51. The zero-order valence-electron chi connectivity index (χ0n) is 15.0. The number of rotatable bonds is 4. The molecule has 1 aliphatic rings. The summed E-state index contributed by atoms with van der Waals surface area (Å²) in [5.74, 6) is -0.531. The minimum Gasteiger partial charge on any atom is -0.463 e. The molecule has 2 atom stereocenters. The fourth-order valence-electron chi connectivity index (χ4n) is 3.49. The van der Waals surface area contributed by atoms with E-state index in [1.165, 1.54) is 17.0 Å². The summed E-state index contributed by atoms with van der Waals surface area (Å²) in [5.41, 5.74) is 12.3. The number of halogens is 1. The van der Waals surface area contributed by atoms with Gasteiger partial charge in [-0.05, 0) is 43.9 Å². The topological polar surface area (TPSA) is 142 Å². The summed E-state index contributed by atoms with van der Waals surface area (Å²) in [6, 6.07) is 5.15. The van der Waals surface area contributed by atoms with E-state index in [-0.39, 0.29) is 41.7 Å². The molecular weight excluding hydrogens is 384 g/mol. The summed E-state index contributed by atoms with van der Waals surface area (Å²) in [5, 5.41) is 3.03. The van der Waals surface area contributed by atoms with Gasteiger partial charge in [-0.2, -0.15) is 0 Å². The molecule has 0 spiro atoms. The molecule has 0 aromatic carbocycles. The summed E-state index contributed by atoms with van der Waals surface area (Å²) in [6.07, 6.45) is 6.45. The maximum Gasteiger partial charge on any atom is 0.271 e. The van der Waals surface area contributed by atoms with E-state index in [9.17, 15) is 9.59 Å². The van der Waals surface area contributed by atoms with Crippen LogP contribution in [-0.4, -0.2) is 38.3 Å². The Balaban J connectivity index is 0.00000225. The number of aromatic nitrogens is 3. The number of primary amides is 1. The number of amides is 2. The van der Waals surface area contributed by atoms with Crippen molar-refractivity contribution in [1.82, 2.24) is 19.7 Å². The first-order valence-electron chi connectivity index (χ1n) is 8.81. The van der Waals surface area contributed by atoms with Crippen molar-refractivity contribution in [1.29, 1.82) is 0 Å². The fraction of sp³-hybridized carbons (Fsp3) is 0.333. The van der Waals surface area contributed by atoms with E-state index in [0.717, 1.165) is 25.7 Å². The van der Waals surface area contributed by atoms with Crippen LogP contribution in [-0.2, 0) is 0 Å². The molecule has 2 amide bonds. The molecule has 0 radical (unpaired) electrons. The van der Waals surface area contributed by atoms with Gasteiger partial charge in [-0.15, -0.1) is 12.4 Å². The molecule has 0 saturated heterocycles. The van der Waals surface area contributed by atoms with Gasteiger partial charge in [0.05, 0.1) is 6.26 Å². The average molecular weight is 405 g/mol. The van der Waals surface area contributed by atoms with Crippen molar-refractivity contribution in [2.75, 3.05) is 0 Å². The number of carbonyl (C=O) groups excluding carboxylic acids is 2. The average Bonchev–Trinajstić information content (AvgIpc) is 3.30. The molecule has 4 rings (SSSR count). The highest BCUT2D eigenvalue weighted by molar-refractivity contribution is 5.99. The van der Waals surface area contributed by atoms with Gasteiger partial charge in [0.15, 0.2) is 17.1 Å². The second kappa shape index (κ2) is 7.99. The quantitative estimate of drug-likeness (QED) is 0.601. The van der Waals surface area contributed by atoms with Crippen LogP contribution in [0.2, 0.25) is 0 Å². The van der Waals surface area contributed by atoms with Gasteiger partial charge in [0.25, 0.3) is 11.8 Å². The third-order valence-corrected chi connectivity index (χ3v) is 4.79. The molecular formula is C18H21ClN6O3.